The van der Waals surface area contributed by atoms with E-state index >= 15 is 0 Å². The van der Waals surface area contributed by atoms with Gasteiger partial charge in [0.05, 0.1) is 24.7 Å². The van der Waals surface area contributed by atoms with Crippen LogP contribution in [0.2, 0.25) is 5.02 Å². The molecule has 0 radical (unpaired) electrons. The Balaban J connectivity index is 1.60. The fraction of sp³-hybridized carbons (Fsp3) is 0.385. The molecule has 204 valence electrons. The maximum absolute atomic E-state index is 13.8. The van der Waals surface area contributed by atoms with Gasteiger partial charge in [-0.1, -0.05) is 23.7 Å². The molecule has 7 nitrogen and oxygen atoms in total. The second kappa shape index (κ2) is 11.8. The molecule has 2 aromatic rings. The van der Waals surface area contributed by atoms with Gasteiger partial charge in [-0.15, -0.1) is 11.8 Å². The first-order valence-corrected chi connectivity index (χ1v) is 13.1. The van der Waals surface area contributed by atoms with Crippen LogP contribution in [0.15, 0.2) is 53.4 Å². The van der Waals surface area contributed by atoms with Gasteiger partial charge in [0.1, 0.15) is 17.5 Å². The van der Waals surface area contributed by atoms with Crippen LogP contribution in [0.5, 0.6) is 11.5 Å². The van der Waals surface area contributed by atoms with E-state index in [1.54, 1.807) is 42.5 Å². The predicted octanol–water partition coefficient (Wildman–Crippen LogP) is 5.91. The predicted molar refractivity (Wildman–Crippen MR) is 139 cm³/mol. The third kappa shape index (κ3) is 6.68. The summed E-state index contributed by atoms with van der Waals surface area (Å²) in [6.07, 6.45) is -2.57. The van der Waals surface area contributed by atoms with Gasteiger partial charge in [0, 0.05) is 47.1 Å². The zero-order valence-corrected chi connectivity index (χ0v) is 21.9. The zero-order valence-electron chi connectivity index (χ0n) is 20.3. The van der Waals surface area contributed by atoms with Crippen molar-refractivity contribution in [2.75, 3.05) is 25.6 Å². The van der Waals surface area contributed by atoms with E-state index in [-0.39, 0.29) is 24.2 Å². The summed E-state index contributed by atoms with van der Waals surface area (Å²) >= 11 is 6.83. The molecule has 3 atom stereocenters. The van der Waals surface area contributed by atoms with Crippen molar-refractivity contribution in [2.45, 2.75) is 42.8 Å². The molecule has 0 bridgehead atoms. The number of nitrogens with one attached hydrogen (secondary N) is 1. The van der Waals surface area contributed by atoms with E-state index in [9.17, 15) is 22.8 Å². The number of halogens is 4. The largest absolute Gasteiger partial charge is 0.497 e. The summed E-state index contributed by atoms with van der Waals surface area (Å²) in [7, 11) is 1.47. The number of benzene rings is 2. The second-order valence-electron chi connectivity index (χ2n) is 8.87. The Morgan fingerprint density at radius 3 is 2.58 bits per heavy atom. The van der Waals surface area contributed by atoms with Gasteiger partial charge >= 0.3 is 12.1 Å². The van der Waals surface area contributed by atoms with Crippen molar-refractivity contribution in [1.82, 2.24) is 4.90 Å². The number of fused-ring (bicyclic) bond motifs is 1. The van der Waals surface area contributed by atoms with E-state index in [2.05, 4.69) is 5.32 Å². The van der Waals surface area contributed by atoms with Crippen LogP contribution in [0, 0.1) is 0 Å². The lowest BCUT2D eigenvalue weighted by Gasteiger charge is -2.29. The number of nitrogens with zero attached hydrogens (tertiary/aromatic N) is 1. The maximum atomic E-state index is 13.8. The molecule has 2 aliphatic heterocycles. The summed E-state index contributed by atoms with van der Waals surface area (Å²) in [5.74, 6) is -0.442. The van der Waals surface area contributed by atoms with Crippen molar-refractivity contribution >= 4 is 40.9 Å². The number of allylic oxidation sites excluding steroid dienone is 1. The topological polar surface area (TPSA) is 88.1 Å². The molecular weight excluding hydrogens is 545 g/mol. The molecule has 0 aliphatic carbocycles. The highest BCUT2D eigenvalue weighted by molar-refractivity contribution is 8.04. The van der Waals surface area contributed by atoms with E-state index in [1.807, 2.05) is 0 Å². The summed E-state index contributed by atoms with van der Waals surface area (Å²) in [6, 6.07) is 10.0. The first-order chi connectivity index (χ1) is 18.0. The number of carbonyl (C=O) groups is 2. The highest BCUT2D eigenvalue weighted by Gasteiger charge is 2.48. The molecule has 4 rings (SSSR count). The van der Waals surface area contributed by atoms with Crippen LogP contribution in [0.1, 0.15) is 30.9 Å². The maximum Gasteiger partial charge on any atom is 0.422 e. The molecule has 3 unspecified atom stereocenters. The SMILES string of the molecule is COc1cc(NC(C(=O)N2CCC3SC(C(F)(F)F)=CC32)c2ccc(Cl)cc2)cc(OCCCC(=O)O)c1. The standard InChI is InChI=1S/C26H26ClF3N2O5S/c1-36-18-11-17(12-19(13-18)37-10-2-3-23(33)34)31-24(15-4-6-16(27)7-5-15)25(35)32-9-8-21-20(32)14-22(38-21)26(28,29)30/h4-7,11-14,20-21,24,31H,2-3,8-10H2,1H3,(H,33,34). The smallest absolute Gasteiger partial charge is 0.422 e. The van der Waals surface area contributed by atoms with Crippen LogP contribution in [0.4, 0.5) is 18.9 Å². The van der Waals surface area contributed by atoms with E-state index in [4.69, 9.17) is 26.2 Å². The van der Waals surface area contributed by atoms with Crippen LogP contribution in [-0.2, 0) is 9.59 Å². The van der Waals surface area contributed by atoms with Gasteiger partial charge in [0.25, 0.3) is 0 Å². The van der Waals surface area contributed by atoms with Crippen molar-refractivity contribution in [1.29, 1.82) is 0 Å². The normalized spacial score (nSPS) is 19.5. The summed E-state index contributed by atoms with van der Waals surface area (Å²) in [6.45, 7) is 0.505. The molecule has 2 heterocycles. The number of alkyl halides is 3. The van der Waals surface area contributed by atoms with Crippen molar-refractivity contribution < 1.29 is 37.3 Å². The number of likely N-dealkylation sites (tertiary alicyclic amines) is 1. The Morgan fingerprint density at radius 1 is 1.21 bits per heavy atom. The van der Waals surface area contributed by atoms with E-state index in [0.717, 1.165) is 17.8 Å². The molecule has 0 saturated carbocycles. The van der Waals surface area contributed by atoms with Crippen molar-refractivity contribution in [3.8, 4) is 11.5 Å². The molecule has 0 spiro atoms. The number of ether oxygens (including phenoxy) is 2. The molecule has 2 N–H and O–H groups in total. The highest BCUT2D eigenvalue weighted by Crippen LogP contribution is 2.48. The third-order valence-corrected chi connectivity index (χ3v) is 7.93. The van der Waals surface area contributed by atoms with E-state index in [1.165, 1.54) is 12.0 Å². The van der Waals surface area contributed by atoms with Crippen molar-refractivity contribution in [2.24, 2.45) is 0 Å². The van der Waals surface area contributed by atoms with Crippen LogP contribution in [0.25, 0.3) is 0 Å². The Labute approximate surface area is 226 Å². The van der Waals surface area contributed by atoms with Crippen LogP contribution < -0.4 is 14.8 Å². The summed E-state index contributed by atoms with van der Waals surface area (Å²) in [4.78, 5) is 25.4. The monoisotopic (exact) mass is 570 g/mol. The Bertz CT molecular complexity index is 1210. The average molecular weight is 571 g/mol. The summed E-state index contributed by atoms with van der Waals surface area (Å²) in [5, 5.41) is 12.2. The number of methoxy groups -OCH3 is 1. The number of carboxylic acid groups (broad SMARTS) is 1. The van der Waals surface area contributed by atoms with E-state index in [0.29, 0.717) is 47.2 Å². The molecule has 1 saturated heterocycles. The Kier molecular flexibility index (Phi) is 8.67. The third-order valence-electron chi connectivity index (χ3n) is 6.24. The second-order valence-corrected chi connectivity index (χ2v) is 10.6. The number of rotatable bonds is 10. The molecule has 2 aromatic carbocycles. The van der Waals surface area contributed by atoms with Gasteiger partial charge in [0.2, 0.25) is 5.91 Å². The minimum absolute atomic E-state index is 0.0387. The van der Waals surface area contributed by atoms with Gasteiger partial charge < -0.3 is 24.8 Å². The fourth-order valence-corrected chi connectivity index (χ4v) is 5.83. The van der Waals surface area contributed by atoms with Crippen LogP contribution >= 0.6 is 23.4 Å². The summed E-state index contributed by atoms with van der Waals surface area (Å²) < 4.78 is 51.1. The number of carboxylic acids is 1. The van der Waals surface area contributed by atoms with Gasteiger partial charge in [-0.3, -0.25) is 9.59 Å². The Morgan fingerprint density at radius 2 is 1.92 bits per heavy atom. The number of anilines is 1. The van der Waals surface area contributed by atoms with Gasteiger partial charge in [-0.2, -0.15) is 13.2 Å². The zero-order chi connectivity index (χ0) is 27.4. The van der Waals surface area contributed by atoms with Crippen molar-refractivity contribution in [3.05, 3.63) is 64.0 Å². The quantitative estimate of drug-likeness (QED) is 0.343. The Hall–Kier alpha value is -3.05. The van der Waals surface area contributed by atoms with Gasteiger partial charge in [-0.25, -0.2) is 0 Å². The lowest BCUT2D eigenvalue weighted by atomic mass is 10.0. The summed E-state index contributed by atoms with van der Waals surface area (Å²) in [5.41, 5.74) is 1.06. The van der Waals surface area contributed by atoms with Crippen LogP contribution in [-0.4, -0.2) is 59.6 Å². The molecule has 1 fully saturated rings. The van der Waals surface area contributed by atoms with E-state index < -0.39 is 29.1 Å². The number of amides is 1. The molecule has 12 heteroatoms. The first kappa shape index (κ1) is 28.0. The molecule has 0 aromatic heterocycles. The molecule has 2 aliphatic rings. The van der Waals surface area contributed by atoms with Crippen molar-refractivity contribution in [3.63, 3.8) is 0 Å². The first-order valence-electron chi connectivity index (χ1n) is 11.9. The average Bonchev–Trinajstić information content (AvgIpc) is 3.47. The minimum Gasteiger partial charge on any atom is -0.497 e. The fourth-order valence-electron chi connectivity index (χ4n) is 4.43. The lowest BCUT2D eigenvalue weighted by Crippen LogP contribution is -2.41. The lowest BCUT2D eigenvalue weighted by molar-refractivity contribution is -0.137. The number of hydrogen-bond acceptors (Lipinski definition) is 6. The van der Waals surface area contributed by atoms with Gasteiger partial charge in [-0.05, 0) is 36.6 Å². The highest BCUT2D eigenvalue weighted by atomic mass is 35.5. The molecule has 1 amide bonds. The van der Waals surface area contributed by atoms with Gasteiger partial charge in [0.15, 0.2) is 0 Å². The number of hydrogen-bond donors (Lipinski definition) is 2. The molecule has 38 heavy (non-hydrogen) atoms. The number of aliphatic carboxylic acids is 1. The molecular formula is C26H26ClF3N2O5S. The minimum atomic E-state index is -4.45. The number of carbonyl (C=O) groups excluding carboxylic acids is 1. The van der Waals surface area contributed by atoms with Crippen LogP contribution in [0.3, 0.4) is 0 Å². The number of thioether (sulfide) groups is 1.